The molecule has 0 unspecified atom stereocenters. The van der Waals surface area contributed by atoms with Crippen LogP contribution in [-0.2, 0) is 4.79 Å². The summed E-state index contributed by atoms with van der Waals surface area (Å²) in [6.45, 7) is 3.95. The monoisotopic (exact) mass is 223 g/mol. The highest BCUT2D eigenvalue weighted by atomic mass is 79.9. The fraction of sp³-hybridized carbons (Fsp3) is 0.857. The lowest BCUT2D eigenvalue weighted by Gasteiger charge is -2.16. The van der Waals surface area contributed by atoms with Crippen molar-refractivity contribution in [1.82, 2.24) is 5.32 Å². The van der Waals surface area contributed by atoms with E-state index in [2.05, 4.69) is 21.2 Å². The van der Waals surface area contributed by atoms with Gasteiger partial charge in [0.05, 0.1) is 10.9 Å². The minimum Gasteiger partial charge on any atom is -0.390 e. The van der Waals surface area contributed by atoms with Gasteiger partial charge in [-0.25, -0.2) is 0 Å². The fourth-order valence-corrected chi connectivity index (χ4v) is 0.753. The van der Waals surface area contributed by atoms with E-state index < -0.39 is 5.60 Å². The molecule has 4 heteroatoms. The van der Waals surface area contributed by atoms with Gasteiger partial charge in [-0.05, 0) is 20.3 Å². The predicted octanol–water partition coefficient (Wildman–Crippen LogP) is 0.659. The molecule has 0 aromatic carbocycles. The van der Waals surface area contributed by atoms with E-state index >= 15 is 0 Å². The van der Waals surface area contributed by atoms with Crippen LogP contribution < -0.4 is 5.32 Å². The number of nitrogens with one attached hydrogen (secondary N) is 1. The summed E-state index contributed by atoms with van der Waals surface area (Å²) >= 11 is 3.02. The van der Waals surface area contributed by atoms with Crippen molar-refractivity contribution in [3.05, 3.63) is 0 Å². The third-order valence-corrected chi connectivity index (χ3v) is 1.69. The molecule has 0 saturated carbocycles. The molecule has 66 valence electrons. The van der Waals surface area contributed by atoms with Gasteiger partial charge in [0.15, 0.2) is 0 Å². The zero-order valence-corrected chi connectivity index (χ0v) is 8.44. The number of hydrogen-bond donors (Lipinski definition) is 2. The molecule has 0 aromatic heterocycles. The molecule has 0 spiro atoms. The molecule has 0 fully saturated rings. The van der Waals surface area contributed by atoms with E-state index in [1.54, 1.807) is 13.8 Å². The first-order valence-electron chi connectivity index (χ1n) is 3.51. The van der Waals surface area contributed by atoms with E-state index in [4.69, 9.17) is 0 Å². The van der Waals surface area contributed by atoms with E-state index in [9.17, 15) is 9.90 Å². The standard InChI is InChI=1S/C7H14BrNO2/c1-7(2,11)3-4-9-6(10)5-8/h11H,3-5H2,1-2H3,(H,9,10). The number of amides is 1. The number of carbonyl (C=O) groups excluding carboxylic acids is 1. The van der Waals surface area contributed by atoms with Crippen molar-refractivity contribution in [2.24, 2.45) is 0 Å². The van der Waals surface area contributed by atoms with Gasteiger partial charge in [0.1, 0.15) is 0 Å². The number of aliphatic hydroxyl groups is 1. The Morgan fingerprint density at radius 3 is 2.55 bits per heavy atom. The maximum Gasteiger partial charge on any atom is 0.230 e. The van der Waals surface area contributed by atoms with Gasteiger partial charge in [-0.15, -0.1) is 0 Å². The SMILES string of the molecule is CC(C)(O)CCNC(=O)CBr. The van der Waals surface area contributed by atoms with E-state index in [1.165, 1.54) is 0 Å². The topological polar surface area (TPSA) is 49.3 Å². The second-order valence-corrected chi connectivity index (χ2v) is 3.61. The summed E-state index contributed by atoms with van der Waals surface area (Å²) in [4.78, 5) is 10.7. The van der Waals surface area contributed by atoms with Crippen LogP contribution in [0.25, 0.3) is 0 Å². The van der Waals surface area contributed by atoms with Gasteiger partial charge in [-0.2, -0.15) is 0 Å². The van der Waals surface area contributed by atoms with E-state index in [0.29, 0.717) is 18.3 Å². The maximum absolute atomic E-state index is 10.7. The molecule has 0 heterocycles. The summed E-state index contributed by atoms with van der Waals surface area (Å²) in [5.74, 6) is -0.0470. The Balaban J connectivity index is 3.35. The summed E-state index contributed by atoms with van der Waals surface area (Å²) in [6, 6.07) is 0. The second kappa shape index (κ2) is 4.72. The van der Waals surface area contributed by atoms with Gasteiger partial charge >= 0.3 is 0 Å². The largest absolute Gasteiger partial charge is 0.390 e. The minimum atomic E-state index is -0.695. The van der Waals surface area contributed by atoms with Gasteiger partial charge in [-0.3, -0.25) is 4.79 Å². The Bertz CT molecular complexity index is 131. The molecule has 0 atom stereocenters. The second-order valence-electron chi connectivity index (χ2n) is 3.05. The maximum atomic E-state index is 10.7. The average molecular weight is 224 g/mol. The molecular weight excluding hydrogens is 210 g/mol. The molecular formula is C7H14BrNO2. The zero-order valence-electron chi connectivity index (χ0n) is 6.85. The molecule has 11 heavy (non-hydrogen) atoms. The lowest BCUT2D eigenvalue weighted by molar-refractivity contribution is -0.118. The van der Waals surface area contributed by atoms with Crippen molar-refractivity contribution in [3.63, 3.8) is 0 Å². The highest BCUT2D eigenvalue weighted by Gasteiger charge is 2.11. The summed E-state index contributed by atoms with van der Waals surface area (Å²) in [6.07, 6.45) is 0.575. The van der Waals surface area contributed by atoms with Crippen LogP contribution in [0.5, 0.6) is 0 Å². The lowest BCUT2D eigenvalue weighted by Crippen LogP contribution is -2.31. The third kappa shape index (κ3) is 7.81. The number of carbonyl (C=O) groups is 1. The van der Waals surface area contributed by atoms with Crippen molar-refractivity contribution < 1.29 is 9.90 Å². The summed E-state index contributed by atoms with van der Waals surface area (Å²) in [7, 11) is 0. The molecule has 0 bridgehead atoms. The van der Waals surface area contributed by atoms with Crippen LogP contribution in [0.4, 0.5) is 0 Å². The summed E-state index contributed by atoms with van der Waals surface area (Å²) < 4.78 is 0. The Morgan fingerprint density at radius 1 is 1.64 bits per heavy atom. The van der Waals surface area contributed by atoms with Crippen LogP contribution in [0, 0.1) is 0 Å². The van der Waals surface area contributed by atoms with Crippen molar-refractivity contribution in [2.75, 3.05) is 11.9 Å². The number of rotatable bonds is 4. The smallest absolute Gasteiger partial charge is 0.230 e. The van der Waals surface area contributed by atoms with E-state index in [1.807, 2.05) is 0 Å². The molecule has 0 aromatic rings. The normalized spacial score (nSPS) is 11.3. The first-order valence-corrected chi connectivity index (χ1v) is 4.63. The first kappa shape index (κ1) is 10.9. The van der Waals surface area contributed by atoms with Gasteiger partial charge in [0.2, 0.25) is 5.91 Å². The van der Waals surface area contributed by atoms with Crippen LogP contribution in [0.3, 0.4) is 0 Å². The van der Waals surface area contributed by atoms with E-state index in [-0.39, 0.29) is 5.91 Å². The summed E-state index contributed by atoms with van der Waals surface area (Å²) in [5, 5.41) is 12.2. The number of alkyl halides is 1. The Labute approximate surface area is 75.3 Å². The highest BCUT2D eigenvalue weighted by molar-refractivity contribution is 9.09. The van der Waals surface area contributed by atoms with Crippen molar-refractivity contribution in [3.8, 4) is 0 Å². The quantitative estimate of drug-likeness (QED) is 0.689. The average Bonchev–Trinajstić information content (AvgIpc) is 1.85. The molecule has 0 saturated heterocycles. The van der Waals surface area contributed by atoms with Gasteiger partial charge in [0.25, 0.3) is 0 Å². The van der Waals surface area contributed by atoms with Crippen molar-refractivity contribution in [1.29, 1.82) is 0 Å². The highest BCUT2D eigenvalue weighted by Crippen LogP contribution is 2.04. The molecule has 3 nitrogen and oxygen atoms in total. The fourth-order valence-electron chi connectivity index (χ4n) is 0.555. The minimum absolute atomic E-state index is 0.0470. The van der Waals surface area contributed by atoms with Crippen LogP contribution in [0.1, 0.15) is 20.3 Å². The molecule has 0 aliphatic heterocycles. The van der Waals surface area contributed by atoms with Crippen LogP contribution in [-0.4, -0.2) is 28.5 Å². The van der Waals surface area contributed by atoms with Gasteiger partial charge in [0, 0.05) is 6.54 Å². The Morgan fingerprint density at radius 2 is 2.18 bits per heavy atom. The zero-order chi connectivity index (χ0) is 8.91. The van der Waals surface area contributed by atoms with E-state index in [0.717, 1.165) is 0 Å². The van der Waals surface area contributed by atoms with Crippen LogP contribution in [0.15, 0.2) is 0 Å². The molecule has 0 rings (SSSR count). The Hall–Kier alpha value is -0.0900. The molecule has 0 aliphatic carbocycles. The molecule has 0 radical (unpaired) electrons. The molecule has 1 amide bonds. The number of hydrogen-bond acceptors (Lipinski definition) is 2. The lowest BCUT2D eigenvalue weighted by atomic mass is 10.1. The van der Waals surface area contributed by atoms with Gasteiger partial charge < -0.3 is 10.4 Å². The Kier molecular flexibility index (Phi) is 4.68. The first-order chi connectivity index (χ1) is 4.95. The molecule has 0 aliphatic rings. The third-order valence-electron chi connectivity index (χ3n) is 1.18. The van der Waals surface area contributed by atoms with Crippen molar-refractivity contribution >= 4 is 21.8 Å². The number of halogens is 1. The summed E-state index contributed by atoms with van der Waals surface area (Å²) in [5.41, 5.74) is -0.695. The molecule has 2 N–H and O–H groups in total. The van der Waals surface area contributed by atoms with Crippen LogP contribution in [0.2, 0.25) is 0 Å². The van der Waals surface area contributed by atoms with Crippen LogP contribution >= 0.6 is 15.9 Å². The van der Waals surface area contributed by atoms with Gasteiger partial charge in [-0.1, -0.05) is 15.9 Å². The predicted molar refractivity (Wildman–Crippen MR) is 47.7 cm³/mol. The van der Waals surface area contributed by atoms with Crippen molar-refractivity contribution in [2.45, 2.75) is 25.9 Å².